The van der Waals surface area contributed by atoms with Gasteiger partial charge in [0.05, 0.1) is 11.3 Å². The molecule has 0 fully saturated rings. The number of aliphatic hydroxyl groups excluding tert-OH is 1. The first kappa shape index (κ1) is 16.7. The van der Waals surface area contributed by atoms with Gasteiger partial charge in [-0.05, 0) is 12.1 Å². The fourth-order valence-electron chi connectivity index (χ4n) is 3.06. The van der Waals surface area contributed by atoms with Crippen LogP contribution in [0.2, 0.25) is 0 Å². The van der Waals surface area contributed by atoms with Gasteiger partial charge in [0.25, 0.3) is 0 Å². The second-order valence-corrected chi connectivity index (χ2v) is 6.09. The number of nitrogens with zero attached hydrogens (tertiary/aromatic N) is 1. The minimum atomic E-state index is -0.416. The largest absolute Gasteiger partial charge is 0.506 e. The fourth-order valence-corrected chi connectivity index (χ4v) is 3.06. The van der Waals surface area contributed by atoms with Gasteiger partial charge in [-0.2, -0.15) is 0 Å². The van der Waals surface area contributed by atoms with Crippen LogP contribution in [0.15, 0.2) is 95.5 Å². The van der Waals surface area contributed by atoms with Crippen molar-refractivity contribution in [3.8, 4) is 0 Å². The molecule has 0 atom stereocenters. The third-order valence-corrected chi connectivity index (χ3v) is 4.38. The zero-order valence-electron chi connectivity index (χ0n) is 14.3. The zero-order valence-corrected chi connectivity index (χ0v) is 14.3. The molecule has 130 valence electrons. The van der Waals surface area contributed by atoms with Crippen molar-refractivity contribution >= 4 is 28.7 Å². The van der Waals surface area contributed by atoms with Crippen LogP contribution < -0.4 is 0 Å². The van der Waals surface area contributed by atoms with E-state index in [-0.39, 0.29) is 28.4 Å². The van der Waals surface area contributed by atoms with E-state index in [2.05, 4.69) is 4.99 Å². The normalized spacial score (nSPS) is 17.0. The van der Waals surface area contributed by atoms with Crippen LogP contribution in [-0.4, -0.2) is 22.4 Å². The highest BCUT2D eigenvalue weighted by molar-refractivity contribution is 6.62. The maximum atomic E-state index is 13.1. The molecule has 0 radical (unpaired) electrons. The molecule has 4 nitrogen and oxygen atoms in total. The molecule has 1 N–H and O–H groups in total. The van der Waals surface area contributed by atoms with Gasteiger partial charge in [0.15, 0.2) is 5.78 Å². The van der Waals surface area contributed by atoms with Gasteiger partial charge in [-0.3, -0.25) is 9.59 Å². The maximum Gasteiger partial charge on any atom is 0.213 e. The van der Waals surface area contributed by atoms with Gasteiger partial charge >= 0.3 is 0 Å². The van der Waals surface area contributed by atoms with E-state index in [1.165, 1.54) is 0 Å². The number of fused-ring (bicyclic) bond motifs is 1. The minimum Gasteiger partial charge on any atom is -0.506 e. The summed E-state index contributed by atoms with van der Waals surface area (Å²) in [7, 11) is 0. The highest BCUT2D eigenvalue weighted by Crippen LogP contribution is 2.30. The molecule has 4 rings (SSSR count). The lowest BCUT2D eigenvalue weighted by atomic mass is 9.82. The number of ketones is 2. The van der Waals surface area contributed by atoms with Crippen molar-refractivity contribution in [3.63, 3.8) is 0 Å². The number of allylic oxidation sites excluding steroid dienone is 1. The summed E-state index contributed by atoms with van der Waals surface area (Å²) in [5.74, 6) is -1.05. The molecule has 0 amide bonds. The van der Waals surface area contributed by atoms with Gasteiger partial charge in [0.1, 0.15) is 11.5 Å². The van der Waals surface area contributed by atoms with Crippen molar-refractivity contribution in [1.82, 2.24) is 0 Å². The van der Waals surface area contributed by atoms with Crippen molar-refractivity contribution in [2.75, 3.05) is 0 Å². The maximum absolute atomic E-state index is 13.1. The first-order valence-corrected chi connectivity index (χ1v) is 8.48. The fraction of sp³-hybridized carbons (Fsp3) is 0. The van der Waals surface area contributed by atoms with Crippen LogP contribution >= 0.6 is 0 Å². The molecule has 3 aromatic carbocycles. The average Bonchev–Trinajstić information content (AvgIpc) is 2.73. The van der Waals surface area contributed by atoms with Crippen LogP contribution in [0, 0.1) is 0 Å². The Labute approximate surface area is 156 Å². The molecule has 1 aliphatic carbocycles. The summed E-state index contributed by atoms with van der Waals surface area (Å²) in [5, 5.41) is 10.8. The summed E-state index contributed by atoms with van der Waals surface area (Å²) >= 11 is 0. The first-order valence-electron chi connectivity index (χ1n) is 8.48. The minimum absolute atomic E-state index is 0.0498. The molecule has 27 heavy (non-hydrogen) atoms. The van der Waals surface area contributed by atoms with Gasteiger partial charge in [-0.15, -0.1) is 0 Å². The number of aliphatic hydroxyl groups is 1. The molecular weight excluding hydrogens is 338 g/mol. The second kappa shape index (κ2) is 6.84. The Balaban J connectivity index is 2.00. The highest BCUT2D eigenvalue weighted by atomic mass is 16.3. The third kappa shape index (κ3) is 2.98. The molecule has 0 bridgehead atoms. The smallest absolute Gasteiger partial charge is 0.213 e. The topological polar surface area (TPSA) is 66.7 Å². The molecule has 0 spiro atoms. The number of para-hydroxylation sites is 1. The molecule has 4 heteroatoms. The summed E-state index contributed by atoms with van der Waals surface area (Å²) < 4.78 is 0. The van der Waals surface area contributed by atoms with Crippen molar-refractivity contribution in [2.45, 2.75) is 0 Å². The molecule has 0 saturated heterocycles. The van der Waals surface area contributed by atoms with Gasteiger partial charge in [-0.1, -0.05) is 72.8 Å². The van der Waals surface area contributed by atoms with Gasteiger partial charge in [0.2, 0.25) is 5.78 Å². The van der Waals surface area contributed by atoms with Crippen molar-refractivity contribution < 1.29 is 14.7 Å². The molecule has 1 aliphatic rings. The third-order valence-electron chi connectivity index (χ3n) is 4.38. The Morgan fingerprint density at radius 2 is 1.19 bits per heavy atom. The number of hydrogen-bond acceptors (Lipinski definition) is 4. The van der Waals surface area contributed by atoms with E-state index in [1.807, 2.05) is 12.1 Å². The standard InChI is InChI=1S/C23H15NO3/c25-21(15-9-3-1-4-10-15)19-20(24-16-11-5-2-6-12-16)23(27)18-14-8-7-13-17(18)22(19)26/h1-14,25H/b21-19-,24-20?. The molecule has 0 unspecified atom stereocenters. The van der Waals surface area contributed by atoms with Crippen LogP contribution in [0.4, 0.5) is 5.69 Å². The number of aliphatic imine (C=N–C) groups is 1. The van der Waals surface area contributed by atoms with E-state index in [1.54, 1.807) is 72.8 Å². The second-order valence-electron chi connectivity index (χ2n) is 6.09. The van der Waals surface area contributed by atoms with Crippen LogP contribution in [0.5, 0.6) is 0 Å². The molecular formula is C23H15NO3. The van der Waals surface area contributed by atoms with E-state index in [4.69, 9.17) is 0 Å². The molecule has 0 aromatic heterocycles. The molecule has 0 heterocycles. The van der Waals surface area contributed by atoms with Crippen LogP contribution in [0.3, 0.4) is 0 Å². The lowest BCUT2D eigenvalue weighted by Gasteiger charge is -2.20. The lowest BCUT2D eigenvalue weighted by molar-refractivity contribution is 0.0997. The van der Waals surface area contributed by atoms with E-state index < -0.39 is 5.78 Å². The average molecular weight is 353 g/mol. The number of hydrogen-bond donors (Lipinski definition) is 1. The predicted molar refractivity (Wildman–Crippen MR) is 105 cm³/mol. The monoisotopic (exact) mass is 353 g/mol. The Morgan fingerprint density at radius 1 is 0.667 bits per heavy atom. The van der Waals surface area contributed by atoms with E-state index in [0.29, 0.717) is 16.8 Å². The Kier molecular flexibility index (Phi) is 4.22. The first-order chi connectivity index (χ1) is 13.2. The summed E-state index contributed by atoms with van der Waals surface area (Å²) in [6.07, 6.45) is 0. The molecule has 0 aliphatic heterocycles. The number of carbonyl (C=O) groups excluding carboxylic acids is 2. The van der Waals surface area contributed by atoms with Gasteiger partial charge in [-0.25, -0.2) is 4.99 Å². The van der Waals surface area contributed by atoms with E-state index in [9.17, 15) is 14.7 Å². The predicted octanol–water partition coefficient (Wildman–Crippen LogP) is 4.81. The Morgan fingerprint density at radius 3 is 1.81 bits per heavy atom. The quantitative estimate of drug-likeness (QED) is 0.531. The summed E-state index contributed by atoms with van der Waals surface area (Å²) in [5.41, 5.74) is 1.42. The summed E-state index contributed by atoms with van der Waals surface area (Å²) in [6, 6.07) is 24.2. The zero-order chi connectivity index (χ0) is 18.8. The highest BCUT2D eigenvalue weighted by Gasteiger charge is 2.36. The van der Waals surface area contributed by atoms with Gasteiger partial charge in [0, 0.05) is 16.7 Å². The lowest BCUT2D eigenvalue weighted by Crippen LogP contribution is -2.31. The SMILES string of the molecule is O=C1C(=Nc2ccccc2)/C(=C(/O)c2ccccc2)C(=O)c2ccccc21. The molecule has 3 aromatic rings. The van der Waals surface area contributed by atoms with Crippen molar-refractivity contribution in [1.29, 1.82) is 0 Å². The van der Waals surface area contributed by atoms with Crippen LogP contribution in [-0.2, 0) is 0 Å². The summed E-state index contributed by atoms with van der Waals surface area (Å²) in [6.45, 7) is 0. The van der Waals surface area contributed by atoms with E-state index >= 15 is 0 Å². The number of Topliss-reactive ketones (excluding diaryl/α,β-unsaturated/α-hetero) is 2. The van der Waals surface area contributed by atoms with Crippen LogP contribution in [0.1, 0.15) is 26.3 Å². The van der Waals surface area contributed by atoms with E-state index in [0.717, 1.165) is 0 Å². The summed E-state index contributed by atoms with van der Waals surface area (Å²) in [4.78, 5) is 30.6. The Bertz CT molecular complexity index is 1100. The van der Waals surface area contributed by atoms with Crippen molar-refractivity contribution in [3.05, 3.63) is 107 Å². The van der Waals surface area contributed by atoms with Crippen LogP contribution in [0.25, 0.3) is 5.76 Å². The molecule has 0 saturated carbocycles. The Hall–Kier alpha value is -3.79. The van der Waals surface area contributed by atoms with Gasteiger partial charge < -0.3 is 5.11 Å². The number of rotatable bonds is 2. The van der Waals surface area contributed by atoms with Crippen molar-refractivity contribution in [2.24, 2.45) is 4.99 Å². The number of carbonyl (C=O) groups is 2. The number of benzene rings is 3.